The molecule has 2 aromatic rings. The number of aromatic hydroxyl groups is 1. The van der Waals surface area contributed by atoms with Gasteiger partial charge < -0.3 is 24.6 Å². The van der Waals surface area contributed by atoms with E-state index in [0.29, 0.717) is 30.7 Å². The first-order valence-corrected chi connectivity index (χ1v) is 10.6. The van der Waals surface area contributed by atoms with Crippen molar-refractivity contribution in [1.29, 1.82) is 0 Å². The van der Waals surface area contributed by atoms with Crippen molar-refractivity contribution in [2.45, 2.75) is 50.5 Å². The number of phenols is 1. The van der Waals surface area contributed by atoms with Gasteiger partial charge >= 0.3 is 5.97 Å². The van der Waals surface area contributed by atoms with Crippen LogP contribution < -0.4 is 4.74 Å². The first kappa shape index (κ1) is 19.9. The number of carbonyl (C=O) groups is 2. The Morgan fingerprint density at radius 3 is 2.65 bits per heavy atom. The Morgan fingerprint density at radius 1 is 1.13 bits per heavy atom. The molecule has 5 rings (SSSR count). The minimum Gasteiger partial charge on any atom is -0.504 e. The van der Waals surface area contributed by atoms with Crippen LogP contribution in [0.15, 0.2) is 42.5 Å². The molecule has 0 bridgehead atoms. The molecule has 2 aromatic carbocycles. The highest BCUT2D eigenvalue weighted by atomic mass is 16.5. The average Bonchev–Trinajstić information content (AvgIpc) is 3.16. The SMILES string of the molecule is CC1(C)Oc2c(O)cccc2[C@H]2O[C@H]3CCN(C(=O)c4cccc(C(=O)O)c4)[C@H]3C[C@@H]21. The van der Waals surface area contributed by atoms with E-state index in [1.807, 2.05) is 24.8 Å². The van der Waals surface area contributed by atoms with Gasteiger partial charge in [-0.05, 0) is 51.0 Å². The van der Waals surface area contributed by atoms with E-state index < -0.39 is 11.6 Å². The summed E-state index contributed by atoms with van der Waals surface area (Å²) >= 11 is 0. The second-order valence-corrected chi connectivity index (χ2v) is 9.08. The lowest BCUT2D eigenvalue weighted by molar-refractivity contribution is -0.160. The monoisotopic (exact) mass is 423 g/mol. The third-order valence-electron chi connectivity index (χ3n) is 6.87. The fourth-order valence-electron chi connectivity index (χ4n) is 5.29. The maximum Gasteiger partial charge on any atom is 0.335 e. The number of carbonyl (C=O) groups excluding carboxylic acids is 1. The standard InChI is InChI=1S/C24H25NO6/c1-24(2)16-12-17-19(30-20(16)15-7-4-8-18(26)21(15)31-24)9-10-25(17)22(27)13-5-3-6-14(11-13)23(28)29/h3-8,11,16-17,19-20,26H,9-10,12H2,1-2H3,(H,28,29)/t16-,17-,19-,20+/m0/s1. The third kappa shape index (κ3) is 3.15. The number of aromatic carboxylic acids is 1. The lowest BCUT2D eigenvalue weighted by atomic mass is 9.74. The number of carboxylic acids is 1. The number of fused-ring (bicyclic) bond motifs is 4. The van der Waals surface area contributed by atoms with E-state index in [2.05, 4.69) is 0 Å². The molecular weight excluding hydrogens is 398 g/mol. The van der Waals surface area contributed by atoms with E-state index in [0.717, 1.165) is 5.56 Å². The fourth-order valence-corrected chi connectivity index (χ4v) is 5.29. The Labute approximate surface area is 180 Å². The van der Waals surface area contributed by atoms with Gasteiger partial charge in [0.05, 0.1) is 23.8 Å². The molecule has 7 heteroatoms. The Morgan fingerprint density at radius 2 is 1.87 bits per heavy atom. The van der Waals surface area contributed by atoms with Gasteiger partial charge in [-0.2, -0.15) is 0 Å². The van der Waals surface area contributed by atoms with E-state index in [9.17, 15) is 19.8 Å². The van der Waals surface area contributed by atoms with Gasteiger partial charge in [-0.15, -0.1) is 0 Å². The number of hydrogen-bond acceptors (Lipinski definition) is 5. The number of likely N-dealkylation sites (tertiary alicyclic amines) is 1. The van der Waals surface area contributed by atoms with Crippen molar-refractivity contribution in [3.63, 3.8) is 0 Å². The maximum atomic E-state index is 13.3. The molecule has 1 amide bonds. The van der Waals surface area contributed by atoms with Crippen molar-refractivity contribution in [1.82, 2.24) is 4.90 Å². The molecule has 162 valence electrons. The van der Waals surface area contributed by atoms with E-state index >= 15 is 0 Å². The molecule has 3 heterocycles. The van der Waals surface area contributed by atoms with Crippen LogP contribution in [0.3, 0.4) is 0 Å². The molecular formula is C24H25NO6. The summed E-state index contributed by atoms with van der Waals surface area (Å²) in [5.41, 5.74) is 0.737. The van der Waals surface area contributed by atoms with Crippen LogP contribution in [0.2, 0.25) is 0 Å². The molecule has 0 aromatic heterocycles. The molecule has 0 spiro atoms. The van der Waals surface area contributed by atoms with Crippen LogP contribution in [0.5, 0.6) is 11.5 Å². The zero-order valence-electron chi connectivity index (χ0n) is 17.4. The molecule has 2 N–H and O–H groups in total. The van der Waals surface area contributed by atoms with Crippen LogP contribution >= 0.6 is 0 Å². The van der Waals surface area contributed by atoms with Gasteiger partial charge in [0, 0.05) is 23.6 Å². The highest BCUT2D eigenvalue weighted by Crippen LogP contribution is 2.54. The smallest absolute Gasteiger partial charge is 0.335 e. The average molecular weight is 423 g/mol. The lowest BCUT2D eigenvalue weighted by Gasteiger charge is -2.50. The predicted molar refractivity (Wildman–Crippen MR) is 111 cm³/mol. The van der Waals surface area contributed by atoms with E-state index in [4.69, 9.17) is 9.47 Å². The number of para-hydroxylation sites is 1. The number of amides is 1. The minimum atomic E-state index is -1.05. The number of hydrogen-bond donors (Lipinski definition) is 2. The predicted octanol–water partition coefficient (Wildman–Crippen LogP) is 3.62. The number of nitrogens with zero attached hydrogens (tertiary/aromatic N) is 1. The van der Waals surface area contributed by atoms with Crippen LogP contribution in [-0.2, 0) is 4.74 Å². The second-order valence-electron chi connectivity index (χ2n) is 9.08. The number of carboxylic acid groups (broad SMARTS) is 1. The molecule has 0 unspecified atom stereocenters. The van der Waals surface area contributed by atoms with Crippen molar-refractivity contribution in [3.05, 3.63) is 59.2 Å². The fraction of sp³-hybridized carbons (Fsp3) is 0.417. The summed E-state index contributed by atoms with van der Waals surface area (Å²) in [7, 11) is 0. The molecule has 0 saturated carbocycles. The van der Waals surface area contributed by atoms with E-state index in [-0.39, 0.29) is 41.4 Å². The van der Waals surface area contributed by atoms with Crippen molar-refractivity contribution in [3.8, 4) is 11.5 Å². The Bertz CT molecular complexity index is 1060. The zero-order valence-corrected chi connectivity index (χ0v) is 17.4. The first-order chi connectivity index (χ1) is 14.8. The van der Waals surface area contributed by atoms with Crippen molar-refractivity contribution >= 4 is 11.9 Å². The van der Waals surface area contributed by atoms with Crippen molar-refractivity contribution < 1.29 is 29.3 Å². The van der Waals surface area contributed by atoms with Crippen molar-refractivity contribution in [2.24, 2.45) is 5.92 Å². The molecule has 2 saturated heterocycles. The highest BCUT2D eigenvalue weighted by molar-refractivity contribution is 5.97. The van der Waals surface area contributed by atoms with E-state index in [1.165, 1.54) is 12.1 Å². The van der Waals surface area contributed by atoms with Crippen LogP contribution in [0.1, 0.15) is 59.1 Å². The summed E-state index contributed by atoms with van der Waals surface area (Å²) < 4.78 is 12.7. The Kier molecular flexibility index (Phi) is 4.48. The second kappa shape index (κ2) is 6.99. The summed E-state index contributed by atoms with van der Waals surface area (Å²) in [5.74, 6) is -0.646. The summed E-state index contributed by atoms with van der Waals surface area (Å²) in [5, 5.41) is 19.5. The van der Waals surface area contributed by atoms with Crippen LogP contribution in [0, 0.1) is 5.92 Å². The molecule has 3 aliphatic rings. The summed E-state index contributed by atoms with van der Waals surface area (Å²) in [4.78, 5) is 26.4. The summed E-state index contributed by atoms with van der Waals surface area (Å²) in [6.07, 6.45) is 1.10. The molecule has 2 fully saturated rings. The molecule has 7 nitrogen and oxygen atoms in total. The minimum absolute atomic E-state index is 0.00167. The van der Waals surface area contributed by atoms with E-state index in [1.54, 1.807) is 24.3 Å². The number of benzene rings is 2. The van der Waals surface area contributed by atoms with Gasteiger partial charge in [0.2, 0.25) is 0 Å². The molecule has 4 atom stereocenters. The van der Waals surface area contributed by atoms with Crippen LogP contribution in [0.4, 0.5) is 0 Å². The van der Waals surface area contributed by atoms with Gasteiger partial charge in [0.25, 0.3) is 5.91 Å². The number of ether oxygens (including phenoxy) is 2. The largest absolute Gasteiger partial charge is 0.504 e. The summed E-state index contributed by atoms with van der Waals surface area (Å²) in [6, 6.07) is 11.4. The maximum absolute atomic E-state index is 13.3. The number of rotatable bonds is 2. The van der Waals surface area contributed by atoms with Gasteiger partial charge in [-0.1, -0.05) is 18.2 Å². The lowest BCUT2D eigenvalue weighted by Crippen LogP contribution is -2.54. The van der Waals surface area contributed by atoms with Crippen molar-refractivity contribution in [2.75, 3.05) is 6.54 Å². The van der Waals surface area contributed by atoms with Crippen LogP contribution in [-0.4, -0.2) is 51.3 Å². The molecule has 3 aliphatic heterocycles. The first-order valence-electron chi connectivity index (χ1n) is 10.6. The Balaban J connectivity index is 1.44. The number of phenolic OH excluding ortho intramolecular Hbond substituents is 1. The van der Waals surface area contributed by atoms with Crippen LogP contribution in [0.25, 0.3) is 0 Å². The quantitative estimate of drug-likeness (QED) is 0.766. The van der Waals surface area contributed by atoms with Gasteiger partial charge in [-0.3, -0.25) is 4.79 Å². The Hall–Kier alpha value is -3.06. The topological polar surface area (TPSA) is 96.3 Å². The molecule has 0 aliphatic carbocycles. The zero-order chi connectivity index (χ0) is 21.9. The molecule has 31 heavy (non-hydrogen) atoms. The summed E-state index contributed by atoms with van der Waals surface area (Å²) in [6.45, 7) is 4.53. The normalized spacial score (nSPS) is 28.1. The van der Waals surface area contributed by atoms with Gasteiger partial charge in [-0.25, -0.2) is 4.79 Å². The van der Waals surface area contributed by atoms with Gasteiger partial charge in [0.1, 0.15) is 5.60 Å². The molecule has 0 radical (unpaired) electrons. The van der Waals surface area contributed by atoms with Gasteiger partial charge in [0.15, 0.2) is 11.5 Å². The third-order valence-corrected chi connectivity index (χ3v) is 6.87. The highest BCUT2D eigenvalue weighted by Gasteiger charge is 2.54.